The van der Waals surface area contributed by atoms with E-state index in [2.05, 4.69) is 6.07 Å². The third kappa shape index (κ3) is 3.34. The first-order chi connectivity index (χ1) is 15.0. The number of carbonyl (C=O) groups excluding carboxylic acids is 1. The van der Waals surface area contributed by atoms with Crippen molar-refractivity contribution in [2.24, 2.45) is 5.92 Å². The fraction of sp³-hybridized carbons (Fsp3) is 0.240. The van der Waals surface area contributed by atoms with E-state index in [9.17, 15) is 9.90 Å². The molecule has 3 aromatic carbocycles. The van der Waals surface area contributed by atoms with Gasteiger partial charge in [0.2, 0.25) is 6.79 Å². The summed E-state index contributed by atoms with van der Waals surface area (Å²) in [6.45, 7) is 2.01. The summed E-state index contributed by atoms with van der Waals surface area (Å²) in [4.78, 5) is 13.3. The summed E-state index contributed by atoms with van der Waals surface area (Å²) in [5, 5.41) is 10.1. The van der Waals surface area contributed by atoms with Crippen LogP contribution in [0.1, 0.15) is 28.2 Å². The van der Waals surface area contributed by atoms with Gasteiger partial charge in [-0.15, -0.1) is 0 Å². The molecule has 1 aliphatic carbocycles. The first kappa shape index (κ1) is 19.3. The van der Waals surface area contributed by atoms with Gasteiger partial charge in [0.1, 0.15) is 5.75 Å². The molecule has 158 valence electrons. The van der Waals surface area contributed by atoms with Crippen molar-refractivity contribution in [3.8, 4) is 28.7 Å². The molecule has 6 heteroatoms. The Morgan fingerprint density at radius 2 is 1.84 bits per heavy atom. The molecule has 0 bridgehead atoms. The zero-order chi connectivity index (χ0) is 21.5. The molecule has 2 unspecified atom stereocenters. The average Bonchev–Trinajstić information content (AvgIpc) is 3.39. The second-order valence-corrected chi connectivity index (χ2v) is 7.81. The quantitative estimate of drug-likeness (QED) is 0.502. The number of aryl methyl sites for hydroxylation is 1. The van der Waals surface area contributed by atoms with Crippen molar-refractivity contribution in [3.05, 3.63) is 76.9 Å². The predicted molar refractivity (Wildman–Crippen MR) is 113 cm³/mol. The van der Waals surface area contributed by atoms with Crippen LogP contribution in [0.4, 0.5) is 0 Å². The van der Waals surface area contributed by atoms with Gasteiger partial charge in [0.15, 0.2) is 23.0 Å². The lowest BCUT2D eigenvalue weighted by atomic mass is 9.85. The Bertz CT molecular complexity index is 1170. The largest absolute Gasteiger partial charge is 0.504 e. The minimum atomic E-state index is -0.401. The Morgan fingerprint density at radius 1 is 1.03 bits per heavy atom. The molecule has 0 saturated carbocycles. The summed E-state index contributed by atoms with van der Waals surface area (Å²) in [7, 11) is 1.48. The van der Waals surface area contributed by atoms with E-state index in [1.54, 1.807) is 6.07 Å². The van der Waals surface area contributed by atoms with Crippen molar-refractivity contribution in [1.82, 2.24) is 0 Å². The van der Waals surface area contributed by atoms with Gasteiger partial charge in [-0.25, -0.2) is 0 Å². The van der Waals surface area contributed by atoms with Crippen LogP contribution in [0.15, 0.2) is 54.6 Å². The predicted octanol–water partition coefficient (Wildman–Crippen LogP) is 4.35. The number of ether oxygens (including phenoxy) is 4. The van der Waals surface area contributed by atoms with E-state index in [0.29, 0.717) is 35.0 Å². The third-order valence-corrected chi connectivity index (χ3v) is 5.98. The molecule has 0 amide bonds. The summed E-state index contributed by atoms with van der Waals surface area (Å²) < 4.78 is 21.9. The molecule has 5 rings (SSSR count). The number of fused-ring (bicyclic) bond motifs is 2. The highest BCUT2D eigenvalue weighted by Crippen LogP contribution is 2.46. The van der Waals surface area contributed by atoms with Gasteiger partial charge in [-0.2, -0.15) is 0 Å². The molecule has 1 N–H and O–H groups in total. The molecule has 0 radical (unpaired) electrons. The van der Waals surface area contributed by atoms with Crippen LogP contribution in [0.2, 0.25) is 0 Å². The van der Waals surface area contributed by atoms with Gasteiger partial charge in [-0.1, -0.05) is 30.3 Å². The van der Waals surface area contributed by atoms with Gasteiger partial charge in [0.25, 0.3) is 0 Å². The van der Waals surface area contributed by atoms with Crippen molar-refractivity contribution in [3.63, 3.8) is 0 Å². The highest BCUT2D eigenvalue weighted by Gasteiger charge is 2.40. The van der Waals surface area contributed by atoms with E-state index in [1.807, 2.05) is 43.3 Å². The molecule has 0 spiro atoms. The summed E-state index contributed by atoms with van der Waals surface area (Å²) in [6, 6.07) is 16.9. The van der Waals surface area contributed by atoms with Crippen LogP contribution in [0.25, 0.3) is 0 Å². The van der Waals surface area contributed by atoms with Crippen LogP contribution in [-0.4, -0.2) is 25.0 Å². The summed E-state index contributed by atoms with van der Waals surface area (Å²) >= 11 is 0. The van der Waals surface area contributed by atoms with Gasteiger partial charge in [-0.3, -0.25) is 4.79 Å². The molecule has 1 aliphatic heterocycles. The van der Waals surface area contributed by atoms with Crippen LogP contribution in [-0.2, 0) is 11.2 Å². The average molecular weight is 418 g/mol. The minimum Gasteiger partial charge on any atom is -0.504 e. The first-order valence-electron chi connectivity index (χ1n) is 10.1. The molecule has 1 heterocycles. The minimum absolute atomic E-state index is 0.0714. The molecule has 2 aliphatic rings. The zero-order valence-corrected chi connectivity index (χ0v) is 17.3. The van der Waals surface area contributed by atoms with Crippen molar-refractivity contribution in [1.29, 1.82) is 0 Å². The maximum Gasteiger partial charge on any atom is 0.315 e. The van der Waals surface area contributed by atoms with Crippen LogP contribution in [0.5, 0.6) is 28.7 Å². The van der Waals surface area contributed by atoms with E-state index in [-0.39, 0.29) is 24.4 Å². The van der Waals surface area contributed by atoms with Crippen LogP contribution in [0.3, 0.4) is 0 Å². The zero-order valence-electron chi connectivity index (χ0n) is 17.3. The van der Waals surface area contributed by atoms with Crippen molar-refractivity contribution in [2.75, 3.05) is 13.9 Å². The van der Waals surface area contributed by atoms with E-state index in [1.165, 1.54) is 13.2 Å². The Kier molecular flexibility index (Phi) is 4.70. The van der Waals surface area contributed by atoms with Crippen LogP contribution >= 0.6 is 0 Å². The number of benzene rings is 3. The highest BCUT2D eigenvalue weighted by molar-refractivity contribution is 5.80. The number of rotatable bonds is 4. The number of aromatic hydroxyl groups is 1. The number of carbonyl (C=O) groups is 1. The van der Waals surface area contributed by atoms with Crippen molar-refractivity contribution < 1.29 is 28.8 Å². The molecule has 6 nitrogen and oxygen atoms in total. The SMILES string of the molecule is COc1cc(C)c(OC(=O)C2Cc3ccccc3C2c2ccc3c(c2)OCO3)cc1O. The topological polar surface area (TPSA) is 74.2 Å². The molecular formula is C25H22O6. The maximum absolute atomic E-state index is 13.3. The monoisotopic (exact) mass is 418 g/mol. The molecule has 31 heavy (non-hydrogen) atoms. The lowest BCUT2D eigenvalue weighted by molar-refractivity contribution is -0.139. The maximum atomic E-state index is 13.3. The van der Waals surface area contributed by atoms with Gasteiger partial charge >= 0.3 is 5.97 Å². The second-order valence-electron chi connectivity index (χ2n) is 7.81. The van der Waals surface area contributed by atoms with Crippen molar-refractivity contribution in [2.45, 2.75) is 19.3 Å². The fourth-order valence-electron chi connectivity index (χ4n) is 4.44. The Labute approximate surface area is 179 Å². The Hall–Kier alpha value is -3.67. The standard InChI is InChI=1S/C25H22O6/c1-14-9-22(28-2)19(26)12-21(14)31-25(27)18-10-15-5-3-4-6-17(15)24(18)16-7-8-20-23(11-16)30-13-29-20/h3-9,11-12,18,24,26H,10,13H2,1-2H3. The molecule has 3 aromatic rings. The third-order valence-electron chi connectivity index (χ3n) is 5.98. The van der Waals surface area contributed by atoms with Gasteiger partial charge < -0.3 is 24.1 Å². The summed E-state index contributed by atoms with van der Waals surface area (Å²) in [5.41, 5.74) is 3.92. The molecule has 0 saturated heterocycles. The molecule has 0 aromatic heterocycles. The number of esters is 1. The van der Waals surface area contributed by atoms with Gasteiger partial charge in [0, 0.05) is 12.0 Å². The lowest BCUT2D eigenvalue weighted by Crippen LogP contribution is -2.25. The molecule has 0 fully saturated rings. The van der Waals surface area contributed by atoms with Crippen LogP contribution in [0, 0.1) is 12.8 Å². The lowest BCUT2D eigenvalue weighted by Gasteiger charge is -2.21. The molecular weight excluding hydrogens is 396 g/mol. The smallest absolute Gasteiger partial charge is 0.315 e. The Morgan fingerprint density at radius 3 is 2.68 bits per heavy atom. The van der Waals surface area contributed by atoms with E-state index < -0.39 is 5.92 Å². The van der Waals surface area contributed by atoms with Gasteiger partial charge in [-0.05, 0) is 53.8 Å². The molecule has 2 atom stereocenters. The normalized spacial score (nSPS) is 18.5. The number of phenolic OH excluding ortho intramolecular Hbond substituents is 1. The second kappa shape index (κ2) is 7.54. The van der Waals surface area contributed by atoms with E-state index >= 15 is 0 Å². The number of hydrogen-bond acceptors (Lipinski definition) is 6. The van der Waals surface area contributed by atoms with Crippen molar-refractivity contribution >= 4 is 5.97 Å². The highest BCUT2D eigenvalue weighted by atomic mass is 16.7. The first-order valence-corrected chi connectivity index (χ1v) is 10.1. The summed E-state index contributed by atoms with van der Waals surface area (Å²) in [6.07, 6.45) is 0.579. The van der Waals surface area contributed by atoms with E-state index in [0.717, 1.165) is 16.7 Å². The summed E-state index contributed by atoms with van der Waals surface area (Å²) in [5.74, 6) is 1.08. The van der Waals surface area contributed by atoms with Crippen LogP contribution < -0.4 is 18.9 Å². The fourth-order valence-corrected chi connectivity index (χ4v) is 4.44. The Balaban J connectivity index is 1.49. The van der Waals surface area contributed by atoms with Gasteiger partial charge in [0.05, 0.1) is 13.0 Å². The number of phenols is 1. The number of methoxy groups -OCH3 is 1. The van der Waals surface area contributed by atoms with E-state index in [4.69, 9.17) is 18.9 Å². The number of hydrogen-bond donors (Lipinski definition) is 1.